The van der Waals surface area contributed by atoms with Crippen LogP contribution in [0.1, 0.15) is 24.5 Å². The molecule has 0 unspecified atom stereocenters. The van der Waals surface area contributed by atoms with E-state index in [1.54, 1.807) is 0 Å². The largest absolute Gasteiger partial charge is 0.366 e. The van der Waals surface area contributed by atoms with E-state index in [0.717, 1.165) is 28.7 Å². The van der Waals surface area contributed by atoms with E-state index in [1.807, 2.05) is 12.1 Å². The molecule has 0 saturated carbocycles. The maximum atomic E-state index is 6.12. The van der Waals surface area contributed by atoms with Gasteiger partial charge in [-0.25, -0.2) is 9.97 Å². The number of nitrogens with zero attached hydrogens (tertiary/aromatic N) is 2. The third-order valence-corrected chi connectivity index (χ3v) is 3.56. The number of anilines is 1. The van der Waals surface area contributed by atoms with Gasteiger partial charge in [-0.15, -0.1) is 0 Å². The maximum absolute atomic E-state index is 6.12. The molecule has 0 radical (unpaired) electrons. The fraction of sp³-hybridized carbons (Fsp3) is 0.286. The average Bonchev–Trinajstić information content (AvgIpc) is 2.40. The molecule has 0 aliphatic rings. The van der Waals surface area contributed by atoms with Crippen LogP contribution in [-0.2, 0) is 13.0 Å². The monoisotopic (exact) mass is 339 g/mol. The van der Waals surface area contributed by atoms with Crippen molar-refractivity contribution in [1.29, 1.82) is 0 Å². The summed E-state index contributed by atoms with van der Waals surface area (Å²) in [5, 5.41) is 3.86. The second-order valence-electron chi connectivity index (χ2n) is 4.23. The summed E-state index contributed by atoms with van der Waals surface area (Å²) >= 11 is 9.58. The minimum Gasteiger partial charge on any atom is -0.366 e. The smallest absolute Gasteiger partial charge is 0.137 e. The van der Waals surface area contributed by atoms with Crippen molar-refractivity contribution >= 4 is 33.3 Å². The van der Waals surface area contributed by atoms with Crippen LogP contribution in [-0.4, -0.2) is 9.97 Å². The van der Waals surface area contributed by atoms with Crippen molar-refractivity contribution in [2.45, 2.75) is 26.3 Å². The second-order valence-corrected chi connectivity index (χ2v) is 5.50. The first-order valence-corrected chi connectivity index (χ1v) is 7.35. The van der Waals surface area contributed by atoms with Crippen LogP contribution in [0.4, 0.5) is 5.82 Å². The molecule has 1 aromatic carbocycles. The summed E-state index contributed by atoms with van der Waals surface area (Å²) in [6, 6.07) is 8.17. The molecule has 0 spiro atoms. The van der Waals surface area contributed by atoms with Crippen LogP contribution < -0.4 is 5.32 Å². The molecular formula is C14H15BrClN3. The molecule has 0 atom stereocenters. The zero-order valence-corrected chi connectivity index (χ0v) is 13.0. The number of halogens is 2. The van der Waals surface area contributed by atoms with E-state index in [9.17, 15) is 0 Å². The van der Waals surface area contributed by atoms with Gasteiger partial charge >= 0.3 is 0 Å². The molecule has 2 aromatic rings. The molecule has 19 heavy (non-hydrogen) atoms. The molecule has 100 valence electrons. The molecule has 2 rings (SSSR count). The molecule has 0 amide bonds. The molecule has 3 nitrogen and oxygen atoms in total. The van der Waals surface area contributed by atoms with E-state index in [1.165, 1.54) is 11.9 Å². The molecule has 1 aromatic heterocycles. The molecule has 5 heteroatoms. The molecule has 1 N–H and O–H groups in total. The van der Waals surface area contributed by atoms with Gasteiger partial charge in [-0.2, -0.15) is 0 Å². The van der Waals surface area contributed by atoms with E-state index in [-0.39, 0.29) is 0 Å². The first-order chi connectivity index (χ1) is 9.20. The SMILES string of the molecule is CCCc1c(Cl)ncnc1NCc1cccc(Br)c1. The number of rotatable bonds is 5. The van der Waals surface area contributed by atoms with Crippen LogP contribution in [0.5, 0.6) is 0 Å². The molecule has 0 aliphatic carbocycles. The van der Waals surface area contributed by atoms with Crippen LogP contribution in [0.15, 0.2) is 35.1 Å². The predicted octanol–water partition coefficient (Wildman–Crippen LogP) is 4.46. The van der Waals surface area contributed by atoms with Gasteiger partial charge < -0.3 is 5.32 Å². The van der Waals surface area contributed by atoms with Gasteiger partial charge in [-0.3, -0.25) is 0 Å². The number of hydrogen-bond acceptors (Lipinski definition) is 3. The van der Waals surface area contributed by atoms with Crippen molar-refractivity contribution in [2.75, 3.05) is 5.32 Å². The lowest BCUT2D eigenvalue weighted by atomic mass is 10.1. The zero-order chi connectivity index (χ0) is 13.7. The standard InChI is InChI=1S/C14H15BrClN3/c1-2-4-12-13(16)18-9-19-14(12)17-8-10-5-3-6-11(15)7-10/h3,5-7,9H,2,4,8H2,1H3,(H,17,18,19). The number of nitrogens with one attached hydrogen (secondary N) is 1. The first-order valence-electron chi connectivity index (χ1n) is 6.18. The van der Waals surface area contributed by atoms with Crippen molar-refractivity contribution < 1.29 is 0 Å². The Morgan fingerprint density at radius 2 is 2.16 bits per heavy atom. The van der Waals surface area contributed by atoms with Gasteiger partial charge in [0.2, 0.25) is 0 Å². The van der Waals surface area contributed by atoms with Gasteiger partial charge in [-0.05, 0) is 24.1 Å². The summed E-state index contributed by atoms with van der Waals surface area (Å²) in [6.45, 7) is 2.82. The molecule has 0 saturated heterocycles. The van der Waals surface area contributed by atoms with Crippen LogP contribution >= 0.6 is 27.5 Å². The molecular weight excluding hydrogens is 326 g/mol. The Bertz CT molecular complexity index is 560. The predicted molar refractivity (Wildman–Crippen MR) is 82.5 cm³/mol. The van der Waals surface area contributed by atoms with Crippen molar-refractivity contribution in [3.05, 3.63) is 51.3 Å². The van der Waals surface area contributed by atoms with Gasteiger partial charge in [0.25, 0.3) is 0 Å². The van der Waals surface area contributed by atoms with Crippen molar-refractivity contribution in [1.82, 2.24) is 9.97 Å². The Morgan fingerprint density at radius 1 is 1.32 bits per heavy atom. The van der Waals surface area contributed by atoms with Crippen LogP contribution in [0.25, 0.3) is 0 Å². The Kier molecular flexibility index (Phi) is 5.16. The van der Waals surface area contributed by atoms with Crippen molar-refractivity contribution in [3.63, 3.8) is 0 Å². The summed E-state index contributed by atoms with van der Waals surface area (Å²) in [4.78, 5) is 8.31. The lowest BCUT2D eigenvalue weighted by Crippen LogP contribution is -2.06. The van der Waals surface area contributed by atoms with Gasteiger partial charge in [0.05, 0.1) is 0 Å². The van der Waals surface area contributed by atoms with Crippen LogP contribution in [0.2, 0.25) is 5.15 Å². The van der Waals surface area contributed by atoms with E-state index in [2.05, 4.69) is 50.3 Å². The summed E-state index contributed by atoms with van der Waals surface area (Å²) in [5.41, 5.74) is 2.17. The fourth-order valence-corrected chi connectivity index (χ4v) is 2.52. The Balaban J connectivity index is 2.13. The summed E-state index contributed by atoms with van der Waals surface area (Å²) in [5.74, 6) is 0.821. The van der Waals surface area contributed by atoms with Crippen LogP contribution in [0.3, 0.4) is 0 Å². The quantitative estimate of drug-likeness (QED) is 0.817. The highest BCUT2D eigenvalue weighted by atomic mass is 79.9. The van der Waals surface area contributed by atoms with Gasteiger partial charge in [0.15, 0.2) is 0 Å². The lowest BCUT2D eigenvalue weighted by molar-refractivity contribution is 0.897. The van der Waals surface area contributed by atoms with E-state index in [4.69, 9.17) is 11.6 Å². The minimum absolute atomic E-state index is 0.536. The minimum atomic E-state index is 0.536. The normalized spacial score (nSPS) is 10.5. The number of aromatic nitrogens is 2. The maximum Gasteiger partial charge on any atom is 0.137 e. The lowest BCUT2D eigenvalue weighted by Gasteiger charge is -2.11. The van der Waals surface area contributed by atoms with E-state index in [0.29, 0.717) is 11.7 Å². The van der Waals surface area contributed by atoms with E-state index >= 15 is 0 Å². The van der Waals surface area contributed by atoms with Crippen molar-refractivity contribution in [3.8, 4) is 0 Å². The van der Waals surface area contributed by atoms with Crippen LogP contribution in [0, 0.1) is 0 Å². The topological polar surface area (TPSA) is 37.8 Å². The third kappa shape index (κ3) is 3.91. The van der Waals surface area contributed by atoms with Gasteiger partial charge in [0, 0.05) is 16.6 Å². The highest BCUT2D eigenvalue weighted by molar-refractivity contribution is 9.10. The number of hydrogen-bond donors (Lipinski definition) is 1. The third-order valence-electron chi connectivity index (χ3n) is 2.74. The Hall–Kier alpha value is -1.13. The molecule has 0 bridgehead atoms. The second kappa shape index (κ2) is 6.87. The summed E-state index contributed by atoms with van der Waals surface area (Å²) in [7, 11) is 0. The average molecular weight is 341 g/mol. The van der Waals surface area contributed by atoms with E-state index < -0.39 is 0 Å². The Morgan fingerprint density at radius 3 is 2.89 bits per heavy atom. The van der Waals surface area contributed by atoms with Gasteiger partial charge in [0.1, 0.15) is 17.3 Å². The fourth-order valence-electron chi connectivity index (χ4n) is 1.85. The summed E-state index contributed by atoms with van der Waals surface area (Å²) in [6.07, 6.45) is 3.38. The van der Waals surface area contributed by atoms with Gasteiger partial charge in [-0.1, -0.05) is 53.0 Å². The highest BCUT2D eigenvalue weighted by Crippen LogP contribution is 2.22. The first kappa shape index (κ1) is 14.3. The Labute approximate surface area is 126 Å². The highest BCUT2D eigenvalue weighted by Gasteiger charge is 2.08. The number of benzene rings is 1. The van der Waals surface area contributed by atoms with Crippen molar-refractivity contribution in [2.24, 2.45) is 0 Å². The molecule has 0 fully saturated rings. The summed E-state index contributed by atoms with van der Waals surface area (Å²) < 4.78 is 1.07. The zero-order valence-electron chi connectivity index (χ0n) is 10.7. The molecule has 1 heterocycles. The molecule has 0 aliphatic heterocycles.